The molecule has 6 heteroatoms. The fourth-order valence-electron chi connectivity index (χ4n) is 1.51. The largest absolute Gasteiger partial charge is 0.469 e. The Morgan fingerprint density at radius 3 is 2.67 bits per heavy atom. The zero-order valence-corrected chi connectivity index (χ0v) is 11.3. The Kier molecular flexibility index (Phi) is 4.72. The van der Waals surface area contributed by atoms with Crippen LogP contribution in [0.15, 0.2) is 18.2 Å². The summed E-state index contributed by atoms with van der Waals surface area (Å²) in [4.78, 5) is 10.9. The average Bonchev–Trinajstić information content (AvgIpc) is 2.32. The quantitative estimate of drug-likeness (QED) is 0.639. The van der Waals surface area contributed by atoms with Gasteiger partial charge in [-0.2, -0.15) is 0 Å². The fourth-order valence-corrected chi connectivity index (χ4v) is 2.92. The van der Waals surface area contributed by atoms with Gasteiger partial charge in [-0.3, -0.25) is 4.79 Å². The first kappa shape index (κ1) is 14.5. The molecule has 1 aromatic carbocycles. The minimum absolute atomic E-state index is 0.110. The summed E-state index contributed by atoms with van der Waals surface area (Å²) in [6.45, 7) is 1.78. The van der Waals surface area contributed by atoms with Crippen LogP contribution in [-0.2, 0) is 25.1 Å². The van der Waals surface area contributed by atoms with E-state index in [0.29, 0.717) is 11.3 Å². The monoisotopic (exact) mass is 271 g/mol. The van der Waals surface area contributed by atoms with Crippen LogP contribution in [0.25, 0.3) is 0 Å². The van der Waals surface area contributed by atoms with Gasteiger partial charge in [0.15, 0.2) is 9.84 Å². The molecule has 0 spiro atoms. The number of hydrogen-bond donors (Lipinski definition) is 1. The maximum atomic E-state index is 11.8. The van der Waals surface area contributed by atoms with E-state index in [1.165, 1.54) is 7.11 Å². The van der Waals surface area contributed by atoms with Gasteiger partial charge in [-0.15, -0.1) is 0 Å². The van der Waals surface area contributed by atoms with Crippen molar-refractivity contribution in [3.8, 4) is 0 Å². The summed E-state index contributed by atoms with van der Waals surface area (Å²) in [5.41, 5.74) is 7.71. The number of esters is 1. The van der Waals surface area contributed by atoms with Gasteiger partial charge in [0.2, 0.25) is 0 Å². The van der Waals surface area contributed by atoms with Crippen molar-refractivity contribution in [2.45, 2.75) is 19.1 Å². The number of sulfone groups is 1. The van der Waals surface area contributed by atoms with Crippen LogP contribution >= 0.6 is 0 Å². The maximum Gasteiger partial charge on any atom is 0.306 e. The number of rotatable bonds is 5. The molecule has 0 aliphatic rings. The first-order chi connectivity index (χ1) is 8.35. The van der Waals surface area contributed by atoms with Crippen molar-refractivity contribution in [3.63, 3.8) is 0 Å². The van der Waals surface area contributed by atoms with Crippen molar-refractivity contribution in [3.05, 3.63) is 29.3 Å². The van der Waals surface area contributed by atoms with Crippen LogP contribution in [-0.4, -0.2) is 27.2 Å². The number of nitrogen functional groups attached to an aromatic ring is 1. The molecule has 0 unspecified atom stereocenters. The number of nitrogens with two attached hydrogens (primary N) is 1. The number of anilines is 1. The Bertz CT molecular complexity index is 537. The molecule has 1 aromatic rings. The van der Waals surface area contributed by atoms with Crippen LogP contribution in [0, 0.1) is 6.92 Å². The van der Waals surface area contributed by atoms with Crippen molar-refractivity contribution in [2.24, 2.45) is 0 Å². The standard InChI is InChI=1S/C12H17NO4S/c1-9-10(4-3-5-11(9)13)8-18(15,16)7-6-12(14)17-2/h3-5H,6-8,13H2,1-2H3. The molecule has 0 fully saturated rings. The number of carbonyl (C=O) groups is 1. The van der Waals surface area contributed by atoms with Gasteiger partial charge in [0.25, 0.3) is 0 Å². The zero-order valence-electron chi connectivity index (χ0n) is 10.5. The second kappa shape index (κ2) is 5.86. The highest BCUT2D eigenvalue weighted by molar-refractivity contribution is 7.90. The van der Waals surface area contributed by atoms with Gasteiger partial charge in [-0.1, -0.05) is 12.1 Å². The third kappa shape index (κ3) is 4.03. The van der Waals surface area contributed by atoms with E-state index in [-0.39, 0.29) is 17.9 Å². The SMILES string of the molecule is COC(=O)CCS(=O)(=O)Cc1cccc(N)c1C. The molecular weight excluding hydrogens is 254 g/mol. The minimum atomic E-state index is -3.34. The molecular formula is C12H17NO4S. The lowest BCUT2D eigenvalue weighted by Crippen LogP contribution is -2.14. The number of ether oxygens (including phenoxy) is 1. The van der Waals surface area contributed by atoms with Crippen molar-refractivity contribution >= 4 is 21.5 Å². The van der Waals surface area contributed by atoms with E-state index in [1.54, 1.807) is 25.1 Å². The molecule has 0 bridgehead atoms. The molecule has 18 heavy (non-hydrogen) atoms. The van der Waals surface area contributed by atoms with Gasteiger partial charge >= 0.3 is 5.97 Å². The van der Waals surface area contributed by atoms with Gasteiger partial charge < -0.3 is 10.5 Å². The summed E-state index contributed by atoms with van der Waals surface area (Å²) >= 11 is 0. The Balaban J connectivity index is 2.77. The van der Waals surface area contributed by atoms with E-state index in [4.69, 9.17) is 5.73 Å². The molecule has 1 rings (SSSR count). The topological polar surface area (TPSA) is 86.5 Å². The van der Waals surface area contributed by atoms with Crippen LogP contribution in [0.3, 0.4) is 0 Å². The van der Waals surface area contributed by atoms with E-state index in [0.717, 1.165) is 5.56 Å². The van der Waals surface area contributed by atoms with Crippen molar-refractivity contribution in [1.29, 1.82) is 0 Å². The van der Waals surface area contributed by atoms with E-state index in [1.807, 2.05) is 0 Å². The highest BCUT2D eigenvalue weighted by Crippen LogP contribution is 2.18. The Morgan fingerprint density at radius 2 is 2.06 bits per heavy atom. The van der Waals surface area contributed by atoms with Gasteiger partial charge in [0, 0.05) is 5.69 Å². The highest BCUT2D eigenvalue weighted by atomic mass is 32.2. The average molecular weight is 271 g/mol. The Hall–Kier alpha value is -1.56. The molecule has 0 atom stereocenters. The minimum Gasteiger partial charge on any atom is -0.469 e. The molecule has 0 radical (unpaired) electrons. The van der Waals surface area contributed by atoms with E-state index < -0.39 is 15.8 Å². The second-order valence-electron chi connectivity index (χ2n) is 4.05. The summed E-state index contributed by atoms with van der Waals surface area (Å²) in [6, 6.07) is 5.16. The van der Waals surface area contributed by atoms with Crippen LogP contribution < -0.4 is 5.73 Å². The summed E-state index contributed by atoms with van der Waals surface area (Å²) in [7, 11) is -2.10. The third-order valence-corrected chi connectivity index (χ3v) is 4.29. The van der Waals surface area contributed by atoms with Gasteiger partial charge in [-0.05, 0) is 24.1 Å². The molecule has 5 nitrogen and oxygen atoms in total. The van der Waals surface area contributed by atoms with E-state index in [9.17, 15) is 13.2 Å². The number of hydrogen-bond acceptors (Lipinski definition) is 5. The molecule has 0 amide bonds. The Labute approximate surface area is 107 Å². The van der Waals surface area contributed by atoms with Gasteiger partial charge in [0.05, 0.1) is 25.0 Å². The summed E-state index contributed by atoms with van der Waals surface area (Å²) < 4.78 is 28.1. The van der Waals surface area contributed by atoms with Gasteiger partial charge in [-0.25, -0.2) is 8.42 Å². The molecule has 0 saturated heterocycles. The molecule has 2 N–H and O–H groups in total. The number of benzene rings is 1. The first-order valence-corrected chi connectivity index (χ1v) is 7.29. The third-order valence-electron chi connectivity index (χ3n) is 2.71. The predicted octanol–water partition coefficient (Wildman–Crippen LogP) is 1.06. The number of carbonyl (C=O) groups excluding carboxylic acids is 1. The molecule has 0 heterocycles. The Morgan fingerprint density at radius 1 is 1.39 bits per heavy atom. The molecule has 100 valence electrons. The molecule has 0 aliphatic carbocycles. The normalized spacial score (nSPS) is 11.2. The maximum absolute atomic E-state index is 11.8. The smallest absolute Gasteiger partial charge is 0.306 e. The lowest BCUT2D eigenvalue weighted by atomic mass is 10.1. The van der Waals surface area contributed by atoms with E-state index >= 15 is 0 Å². The molecule has 0 aliphatic heterocycles. The molecule has 0 aromatic heterocycles. The number of methoxy groups -OCH3 is 1. The van der Waals surface area contributed by atoms with Crippen molar-refractivity contribution < 1.29 is 17.9 Å². The summed E-state index contributed by atoms with van der Waals surface area (Å²) in [6.07, 6.45) is -0.125. The highest BCUT2D eigenvalue weighted by Gasteiger charge is 2.16. The van der Waals surface area contributed by atoms with Crippen LogP contribution in [0.5, 0.6) is 0 Å². The van der Waals surface area contributed by atoms with Crippen LogP contribution in [0.4, 0.5) is 5.69 Å². The summed E-state index contributed by atoms with van der Waals surface area (Å²) in [5.74, 6) is -0.850. The lowest BCUT2D eigenvalue weighted by molar-refractivity contribution is -0.140. The van der Waals surface area contributed by atoms with Crippen molar-refractivity contribution in [2.75, 3.05) is 18.6 Å². The van der Waals surface area contributed by atoms with E-state index in [2.05, 4.69) is 4.74 Å². The first-order valence-electron chi connectivity index (χ1n) is 5.47. The second-order valence-corrected chi connectivity index (χ2v) is 6.23. The fraction of sp³-hybridized carbons (Fsp3) is 0.417. The van der Waals surface area contributed by atoms with Crippen LogP contribution in [0.2, 0.25) is 0 Å². The van der Waals surface area contributed by atoms with Crippen LogP contribution in [0.1, 0.15) is 17.5 Å². The summed E-state index contributed by atoms with van der Waals surface area (Å²) in [5, 5.41) is 0. The van der Waals surface area contributed by atoms with Gasteiger partial charge in [0.1, 0.15) is 0 Å². The lowest BCUT2D eigenvalue weighted by Gasteiger charge is -2.08. The van der Waals surface area contributed by atoms with Crippen molar-refractivity contribution in [1.82, 2.24) is 0 Å². The molecule has 0 saturated carbocycles. The zero-order chi connectivity index (χ0) is 13.8. The predicted molar refractivity (Wildman–Crippen MR) is 69.7 cm³/mol.